The third-order valence-electron chi connectivity index (χ3n) is 2.99. The molecule has 0 aliphatic heterocycles. The summed E-state index contributed by atoms with van der Waals surface area (Å²) in [5.74, 6) is 0. The Morgan fingerprint density at radius 3 is 2.58 bits per heavy atom. The minimum atomic E-state index is -3.87. The van der Waals surface area contributed by atoms with Crippen LogP contribution in [0.1, 0.15) is 10.6 Å². The first kappa shape index (κ1) is 18.0. The van der Waals surface area contributed by atoms with Gasteiger partial charge in [-0.1, -0.05) is 34.8 Å². The van der Waals surface area contributed by atoms with Crippen molar-refractivity contribution in [2.75, 3.05) is 4.72 Å². The molecule has 2 aromatic heterocycles. The number of thiazole rings is 1. The van der Waals surface area contributed by atoms with E-state index in [9.17, 15) is 8.42 Å². The van der Waals surface area contributed by atoms with Crippen LogP contribution in [0.5, 0.6) is 0 Å². The normalized spacial score (nSPS) is 11.6. The molecule has 4 nitrogen and oxygen atoms in total. The van der Waals surface area contributed by atoms with Crippen molar-refractivity contribution in [3.63, 3.8) is 0 Å². The molecule has 0 aliphatic rings. The summed E-state index contributed by atoms with van der Waals surface area (Å²) < 4.78 is 27.3. The largest absolute Gasteiger partial charge is 0.265 e. The van der Waals surface area contributed by atoms with Crippen molar-refractivity contribution in [1.29, 1.82) is 0 Å². The van der Waals surface area contributed by atoms with E-state index in [0.717, 1.165) is 10.6 Å². The van der Waals surface area contributed by atoms with Crippen molar-refractivity contribution in [2.24, 2.45) is 0 Å². The van der Waals surface area contributed by atoms with Crippen LogP contribution in [-0.4, -0.2) is 13.4 Å². The highest BCUT2D eigenvalue weighted by atomic mass is 35.5. The van der Waals surface area contributed by atoms with Gasteiger partial charge in [0.05, 0.1) is 15.7 Å². The molecule has 1 aromatic carbocycles. The molecule has 0 radical (unpaired) electrons. The smallest absolute Gasteiger partial charge is 0.255 e. The highest BCUT2D eigenvalue weighted by molar-refractivity contribution is 7.93. The minimum absolute atomic E-state index is 0.0882. The minimum Gasteiger partial charge on any atom is -0.255 e. The molecule has 24 heavy (non-hydrogen) atoms. The number of rotatable bonds is 5. The summed E-state index contributed by atoms with van der Waals surface area (Å²) in [6, 6.07) is 6.07. The number of thiophene rings is 1. The monoisotopic (exact) mass is 438 g/mol. The fraction of sp³-hybridized carbons (Fsp3) is 0.0714. The van der Waals surface area contributed by atoms with Gasteiger partial charge in [-0.25, -0.2) is 13.4 Å². The van der Waals surface area contributed by atoms with Gasteiger partial charge in [-0.15, -0.1) is 22.7 Å². The van der Waals surface area contributed by atoms with E-state index in [1.165, 1.54) is 40.9 Å². The topological polar surface area (TPSA) is 59.1 Å². The van der Waals surface area contributed by atoms with E-state index in [0.29, 0.717) is 11.4 Å². The quantitative estimate of drug-likeness (QED) is 0.566. The maximum absolute atomic E-state index is 12.4. The Kier molecular flexibility index (Phi) is 5.39. The molecule has 0 saturated heterocycles. The van der Waals surface area contributed by atoms with Crippen LogP contribution in [0.3, 0.4) is 0 Å². The Bertz CT molecular complexity index is 983. The van der Waals surface area contributed by atoms with E-state index in [1.807, 2.05) is 11.4 Å². The van der Waals surface area contributed by atoms with E-state index in [4.69, 9.17) is 34.8 Å². The van der Waals surface area contributed by atoms with E-state index >= 15 is 0 Å². The Labute approximate surface area is 162 Å². The predicted octanol–water partition coefficient (Wildman–Crippen LogP) is 5.56. The Morgan fingerprint density at radius 1 is 1.08 bits per heavy atom. The summed E-state index contributed by atoms with van der Waals surface area (Å²) in [4.78, 5) is 5.18. The van der Waals surface area contributed by atoms with E-state index < -0.39 is 10.0 Å². The summed E-state index contributed by atoms with van der Waals surface area (Å²) in [7, 11) is -3.87. The van der Waals surface area contributed by atoms with Gasteiger partial charge < -0.3 is 0 Å². The van der Waals surface area contributed by atoms with Crippen LogP contribution >= 0.6 is 57.5 Å². The molecule has 3 rings (SSSR count). The number of hydrogen-bond acceptors (Lipinski definition) is 5. The van der Waals surface area contributed by atoms with Crippen LogP contribution in [0.15, 0.2) is 39.9 Å². The first-order valence-electron chi connectivity index (χ1n) is 6.49. The lowest BCUT2D eigenvalue weighted by Gasteiger charge is -2.07. The van der Waals surface area contributed by atoms with Crippen LogP contribution in [0, 0.1) is 0 Å². The summed E-state index contributed by atoms with van der Waals surface area (Å²) >= 11 is 20.6. The lowest BCUT2D eigenvalue weighted by molar-refractivity contribution is 0.601. The molecular formula is C14H9Cl3N2O2S3. The van der Waals surface area contributed by atoms with Crippen LogP contribution in [0.4, 0.5) is 5.13 Å². The number of nitrogens with zero attached hydrogens (tertiary/aromatic N) is 1. The van der Waals surface area contributed by atoms with Gasteiger partial charge in [0.1, 0.15) is 4.90 Å². The average molecular weight is 440 g/mol. The van der Waals surface area contributed by atoms with Crippen molar-refractivity contribution in [3.8, 4) is 0 Å². The lowest BCUT2D eigenvalue weighted by Crippen LogP contribution is -2.13. The molecule has 0 atom stereocenters. The highest BCUT2D eigenvalue weighted by Gasteiger charge is 2.20. The fourth-order valence-electron chi connectivity index (χ4n) is 1.90. The molecule has 0 bridgehead atoms. The van der Waals surface area contributed by atoms with Crippen molar-refractivity contribution >= 4 is 72.6 Å². The Hall–Kier alpha value is -0.830. The molecule has 0 saturated carbocycles. The number of anilines is 1. The maximum atomic E-state index is 12.4. The SMILES string of the molecule is O=S(=O)(Nc1nc(Cc2sccc2Cl)cs1)c1cc(Cl)ccc1Cl. The van der Waals surface area contributed by atoms with Gasteiger partial charge in [-0.2, -0.15) is 0 Å². The average Bonchev–Trinajstić information content (AvgIpc) is 3.11. The zero-order chi connectivity index (χ0) is 17.3. The second-order valence-electron chi connectivity index (χ2n) is 4.69. The molecular weight excluding hydrogens is 431 g/mol. The molecule has 0 unspecified atom stereocenters. The molecule has 0 amide bonds. The molecule has 0 aliphatic carbocycles. The van der Waals surface area contributed by atoms with Gasteiger partial charge in [0.2, 0.25) is 0 Å². The van der Waals surface area contributed by atoms with Gasteiger partial charge in [-0.3, -0.25) is 4.72 Å². The number of sulfonamides is 1. The van der Waals surface area contributed by atoms with E-state index in [2.05, 4.69) is 9.71 Å². The zero-order valence-corrected chi connectivity index (χ0v) is 16.5. The van der Waals surface area contributed by atoms with E-state index in [1.54, 1.807) is 5.38 Å². The van der Waals surface area contributed by atoms with Gasteiger partial charge in [-0.05, 0) is 29.6 Å². The number of halogens is 3. The predicted molar refractivity (Wildman–Crippen MR) is 102 cm³/mol. The number of benzene rings is 1. The molecule has 1 N–H and O–H groups in total. The summed E-state index contributed by atoms with van der Waals surface area (Å²) in [5.41, 5.74) is 0.735. The third-order valence-corrected chi connectivity index (χ3v) is 7.37. The third kappa shape index (κ3) is 4.04. The molecule has 0 spiro atoms. The second kappa shape index (κ2) is 7.19. The van der Waals surface area contributed by atoms with Crippen LogP contribution in [0.2, 0.25) is 15.1 Å². The van der Waals surface area contributed by atoms with E-state index in [-0.39, 0.29) is 20.1 Å². The molecule has 3 aromatic rings. The zero-order valence-electron chi connectivity index (χ0n) is 11.8. The lowest BCUT2D eigenvalue weighted by atomic mass is 10.3. The number of hydrogen-bond donors (Lipinski definition) is 1. The molecule has 10 heteroatoms. The highest BCUT2D eigenvalue weighted by Crippen LogP contribution is 2.29. The van der Waals surface area contributed by atoms with Crippen molar-refractivity contribution in [1.82, 2.24) is 4.98 Å². The van der Waals surface area contributed by atoms with Crippen molar-refractivity contribution in [2.45, 2.75) is 11.3 Å². The summed E-state index contributed by atoms with van der Waals surface area (Å²) in [5, 5.41) is 5.00. The van der Waals surface area contributed by atoms with Crippen LogP contribution < -0.4 is 4.72 Å². The fourth-order valence-corrected chi connectivity index (χ4v) is 5.75. The van der Waals surface area contributed by atoms with Crippen LogP contribution in [0.25, 0.3) is 0 Å². The van der Waals surface area contributed by atoms with Gasteiger partial charge in [0.25, 0.3) is 10.0 Å². The first-order valence-corrected chi connectivity index (χ1v) is 10.9. The standard InChI is InChI=1S/C14H9Cl3N2O2S3/c15-8-1-2-11(17)13(5-8)24(20,21)19-14-18-9(7-23-14)6-12-10(16)3-4-22-12/h1-5,7H,6H2,(H,18,19). The van der Waals surface area contributed by atoms with Gasteiger partial charge in [0, 0.05) is 21.7 Å². The summed E-state index contributed by atoms with van der Waals surface area (Å²) in [6.07, 6.45) is 0.548. The first-order chi connectivity index (χ1) is 11.3. The number of nitrogens with one attached hydrogen (secondary N) is 1. The molecule has 0 fully saturated rings. The Balaban J connectivity index is 1.81. The second-order valence-corrected chi connectivity index (χ2v) is 9.45. The number of aromatic nitrogens is 1. The van der Waals surface area contributed by atoms with Gasteiger partial charge in [0.15, 0.2) is 5.13 Å². The van der Waals surface area contributed by atoms with Crippen molar-refractivity contribution in [3.05, 3.63) is 60.7 Å². The van der Waals surface area contributed by atoms with Gasteiger partial charge >= 0.3 is 0 Å². The molecule has 2 heterocycles. The van der Waals surface area contributed by atoms with Crippen LogP contribution in [-0.2, 0) is 16.4 Å². The Morgan fingerprint density at radius 2 is 1.88 bits per heavy atom. The van der Waals surface area contributed by atoms with Crippen molar-refractivity contribution < 1.29 is 8.42 Å². The molecule has 126 valence electrons. The summed E-state index contributed by atoms with van der Waals surface area (Å²) in [6.45, 7) is 0. The maximum Gasteiger partial charge on any atom is 0.265 e.